The van der Waals surface area contributed by atoms with Crippen molar-refractivity contribution in [3.8, 4) is 0 Å². The van der Waals surface area contributed by atoms with E-state index in [0.29, 0.717) is 19.4 Å². The first-order valence-corrected chi connectivity index (χ1v) is 10.1. The van der Waals surface area contributed by atoms with Crippen molar-refractivity contribution >= 4 is 26.8 Å². The van der Waals surface area contributed by atoms with Crippen LogP contribution in [0.5, 0.6) is 0 Å². The Balaban J connectivity index is 1.45. The van der Waals surface area contributed by atoms with E-state index in [1.807, 2.05) is 24.3 Å². The number of aromatic amines is 1. The van der Waals surface area contributed by atoms with Gasteiger partial charge in [0.25, 0.3) is 0 Å². The van der Waals surface area contributed by atoms with Gasteiger partial charge in [-0.2, -0.15) is 0 Å². The summed E-state index contributed by atoms with van der Waals surface area (Å²) in [6.07, 6.45) is 2.55. The fourth-order valence-electron chi connectivity index (χ4n) is 3.17. The van der Waals surface area contributed by atoms with E-state index in [4.69, 9.17) is 0 Å². The zero-order chi connectivity index (χ0) is 17.2. The molecule has 0 radical (unpaired) electrons. The predicted octanol–water partition coefficient (Wildman–Crippen LogP) is 1.78. The van der Waals surface area contributed by atoms with Crippen LogP contribution in [0.25, 0.3) is 11.0 Å². The van der Waals surface area contributed by atoms with E-state index in [1.165, 1.54) is 0 Å². The fourth-order valence-corrected chi connectivity index (χ4v) is 5.03. The minimum Gasteiger partial charge on any atom is -0.346 e. The van der Waals surface area contributed by atoms with Gasteiger partial charge in [-0.15, -0.1) is 0 Å². The summed E-state index contributed by atoms with van der Waals surface area (Å²) >= 11 is 0. The highest BCUT2D eigenvalue weighted by Gasteiger charge is 2.30. The maximum absolute atomic E-state index is 12.2. The standard InChI is InChI=1S/C17H23N3O3S/c1-20(17(21)11-13-8-10-24(22,23)12-13)9-4-7-16-18-14-5-2-3-6-15(14)19-16/h2-3,5-6,13H,4,7-12H2,1H3,(H,18,19)/t13-/m0/s1. The molecule has 1 aliphatic heterocycles. The van der Waals surface area contributed by atoms with Gasteiger partial charge in [-0.05, 0) is 30.9 Å². The molecular formula is C17H23N3O3S. The third-order valence-electron chi connectivity index (χ3n) is 4.56. The van der Waals surface area contributed by atoms with E-state index in [1.54, 1.807) is 11.9 Å². The SMILES string of the molecule is CN(CCCc1nc2ccccc2[nH]1)C(=O)C[C@@H]1CCS(=O)(=O)C1. The maximum atomic E-state index is 12.2. The van der Waals surface area contributed by atoms with E-state index >= 15 is 0 Å². The van der Waals surface area contributed by atoms with Crippen molar-refractivity contribution < 1.29 is 13.2 Å². The number of sulfone groups is 1. The normalized spacial score (nSPS) is 19.6. The molecule has 6 nitrogen and oxygen atoms in total. The molecule has 1 aromatic heterocycles. The lowest BCUT2D eigenvalue weighted by molar-refractivity contribution is -0.130. The van der Waals surface area contributed by atoms with Gasteiger partial charge in [0.1, 0.15) is 5.82 Å². The van der Waals surface area contributed by atoms with Crippen LogP contribution in [-0.4, -0.2) is 54.3 Å². The fraction of sp³-hybridized carbons (Fsp3) is 0.529. The molecule has 0 aliphatic carbocycles. The van der Waals surface area contributed by atoms with Gasteiger partial charge in [-0.25, -0.2) is 13.4 Å². The quantitative estimate of drug-likeness (QED) is 0.862. The summed E-state index contributed by atoms with van der Waals surface area (Å²) in [5, 5.41) is 0. The number of H-pyrrole nitrogens is 1. The van der Waals surface area contributed by atoms with Gasteiger partial charge in [-0.1, -0.05) is 12.1 Å². The summed E-state index contributed by atoms with van der Waals surface area (Å²) in [7, 11) is -1.13. The lowest BCUT2D eigenvalue weighted by Gasteiger charge is -2.18. The largest absolute Gasteiger partial charge is 0.346 e. The van der Waals surface area contributed by atoms with E-state index < -0.39 is 9.84 Å². The van der Waals surface area contributed by atoms with Crippen LogP contribution in [0.4, 0.5) is 0 Å². The molecule has 1 fully saturated rings. The number of imidazole rings is 1. The number of para-hydroxylation sites is 2. The molecule has 0 bridgehead atoms. The average Bonchev–Trinajstić information content (AvgIpc) is 3.09. The number of carbonyl (C=O) groups is 1. The lowest BCUT2D eigenvalue weighted by atomic mass is 10.0. The minimum atomic E-state index is -2.92. The second-order valence-corrected chi connectivity index (χ2v) is 8.82. The number of hydrogen-bond acceptors (Lipinski definition) is 4. The number of aromatic nitrogens is 2. The number of hydrogen-bond donors (Lipinski definition) is 1. The first kappa shape index (κ1) is 17.0. The molecule has 1 aliphatic rings. The Morgan fingerprint density at radius 3 is 2.88 bits per heavy atom. The Bertz CT molecular complexity index is 795. The van der Waals surface area contributed by atoms with E-state index in [9.17, 15) is 13.2 Å². The number of benzene rings is 1. The third kappa shape index (κ3) is 4.14. The number of amides is 1. The van der Waals surface area contributed by atoms with Crippen LogP contribution in [0, 0.1) is 5.92 Å². The zero-order valence-electron chi connectivity index (χ0n) is 13.9. The molecule has 0 unspecified atom stereocenters. The predicted molar refractivity (Wildman–Crippen MR) is 93.4 cm³/mol. The maximum Gasteiger partial charge on any atom is 0.222 e. The Labute approximate surface area is 142 Å². The summed E-state index contributed by atoms with van der Waals surface area (Å²) in [6, 6.07) is 7.90. The highest BCUT2D eigenvalue weighted by atomic mass is 32.2. The third-order valence-corrected chi connectivity index (χ3v) is 6.40. The Morgan fingerprint density at radius 2 is 2.17 bits per heavy atom. The van der Waals surface area contributed by atoms with Crippen LogP contribution in [0.1, 0.15) is 25.1 Å². The molecular weight excluding hydrogens is 326 g/mol. The smallest absolute Gasteiger partial charge is 0.222 e. The van der Waals surface area contributed by atoms with E-state index in [0.717, 1.165) is 29.7 Å². The first-order chi connectivity index (χ1) is 11.4. The molecule has 1 atom stereocenters. The van der Waals surface area contributed by atoms with Crippen LogP contribution in [0.15, 0.2) is 24.3 Å². The minimum absolute atomic E-state index is 0.0136. The van der Waals surface area contributed by atoms with Crippen molar-refractivity contribution in [2.75, 3.05) is 25.1 Å². The highest BCUT2D eigenvalue weighted by molar-refractivity contribution is 7.91. The van der Waals surface area contributed by atoms with Crippen molar-refractivity contribution in [3.05, 3.63) is 30.1 Å². The van der Waals surface area contributed by atoms with Gasteiger partial charge in [-0.3, -0.25) is 4.79 Å². The number of nitrogens with zero attached hydrogens (tertiary/aromatic N) is 2. The molecule has 3 rings (SSSR count). The van der Waals surface area contributed by atoms with Crippen molar-refractivity contribution in [1.29, 1.82) is 0 Å². The molecule has 0 spiro atoms. The summed E-state index contributed by atoms with van der Waals surface area (Å²) in [4.78, 5) is 21.7. The summed E-state index contributed by atoms with van der Waals surface area (Å²) in [5.74, 6) is 1.33. The van der Waals surface area contributed by atoms with Crippen LogP contribution < -0.4 is 0 Å². The summed E-state index contributed by atoms with van der Waals surface area (Å²) in [5.41, 5.74) is 1.98. The molecule has 7 heteroatoms. The number of carbonyl (C=O) groups excluding carboxylic acids is 1. The Hall–Kier alpha value is -1.89. The van der Waals surface area contributed by atoms with Gasteiger partial charge in [0.05, 0.1) is 22.5 Å². The van der Waals surface area contributed by atoms with Gasteiger partial charge in [0.2, 0.25) is 5.91 Å². The molecule has 24 heavy (non-hydrogen) atoms. The van der Waals surface area contributed by atoms with Crippen molar-refractivity contribution in [1.82, 2.24) is 14.9 Å². The van der Waals surface area contributed by atoms with Crippen LogP contribution in [0.3, 0.4) is 0 Å². The number of aryl methyl sites for hydroxylation is 1. The molecule has 1 N–H and O–H groups in total. The Kier molecular flexibility index (Phi) is 4.89. The van der Waals surface area contributed by atoms with Crippen molar-refractivity contribution in [2.45, 2.75) is 25.7 Å². The highest BCUT2D eigenvalue weighted by Crippen LogP contribution is 2.22. The zero-order valence-corrected chi connectivity index (χ0v) is 14.7. The van der Waals surface area contributed by atoms with Crippen LogP contribution in [0.2, 0.25) is 0 Å². The molecule has 2 heterocycles. The molecule has 1 amide bonds. The van der Waals surface area contributed by atoms with Gasteiger partial charge >= 0.3 is 0 Å². The number of nitrogens with one attached hydrogen (secondary N) is 1. The molecule has 2 aromatic rings. The summed E-state index contributed by atoms with van der Waals surface area (Å²) in [6.45, 7) is 0.648. The van der Waals surface area contributed by atoms with Gasteiger partial charge in [0.15, 0.2) is 9.84 Å². The Morgan fingerprint density at radius 1 is 1.38 bits per heavy atom. The van der Waals surface area contributed by atoms with E-state index in [-0.39, 0.29) is 23.3 Å². The van der Waals surface area contributed by atoms with E-state index in [2.05, 4.69) is 9.97 Å². The van der Waals surface area contributed by atoms with Crippen LogP contribution >= 0.6 is 0 Å². The van der Waals surface area contributed by atoms with Crippen LogP contribution in [-0.2, 0) is 21.1 Å². The van der Waals surface area contributed by atoms with Crippen molar-refractivity contribution in [3.63, 3.8) is 0 Å². The second-order valence-electron chi connectivity index (χ2n) is 6.59. The lowest BCUT2D eigenvalue weighted by Crippen LogP contribution is -2.30. The second kappa shape index (κ2) is 6.93. The molecule has 0 saturated carbocycles. The monoisotopic (exact) mass is 349 g/mol. The first-order valence-electron chi connectivity index (χ1n) is 8.31. The summed E-state index contributed by atoms with van der Waals surface area (Å²) < 4.78 is 22.9. The molecule has 1 aromatic carbocycles. The number of fused-ring (bicyclic) bond motifs is 1. The molecule has 130 valence electrons. The van der Waals surface area contributed by atoms with Gasteiger partial charge < -0.3 is 9.88 Å². The van der Waals surface area contributed by atoms with Crippen molar-refractivity contribution in [2.24, 2.45) is 5.92 Å². The van der Waals surface area contributed by atoms with Gasteiger partial charge in [0, 0.05) is 26.4 Å². The average molecular weight is 349 g/mol. The topological polar surface area (TPSA) is 83.1 Å². The number of rotatable bonds is 6. The molecule has 1 saturated heterocycles.